The molecular formula is C15H15BrN2O2. The molecule has 2 rings (SSSR count). The zero-order valence-electron chi connectivity index (χ0n) is 11.3. The minimum absolute atomic E-state index is 0.170. The summed E-state index contributed by atoms with van der Waals surface area (Å²) < 4.78 is 6.09. The van der Waals surface area contributed by atoms with E-state index in [0.29, 0.717) is 22.7 Å². The van der Waals surface area contributed by atoms with Gasteiger partial charge in [-0.2, -0.15) is 0 Å². The summed E-state index contributed by atoms with van der Waals surface area (Å²) in [5.41, 5.74) is 7.64. The first-order chi connectivity index (χ1) is 9.54. The van der Waals surface area contributed by atoms with E-state index >= 15 is 0 Å². The summed E-state index contributed by atoms with van der Waals surface area (Å²) >= 11 is 3.35. The maximum Gasteiger partial charge on any atom is 0.261 e. The number of benzene rings is 2. The van der Waals surface area contributed by atoms with Crippen LogP contribution >= 0.6 is 15.9 Å². The van der Waals surface area contributed by atoms with Gasteiger partial charge in [0.15, 0.2) is 0 Å². The van der Waals surface area contributed by atoms with Gasteiger partial charge in [-0.3, -0.25) is 4.79 Å². The largest absolute Gasteiger partial charge is 0.496 e. The quantitative estimate of drug-likeness (QED) is 0.876. The molecule has 0 fully saturated rings. The van der Waals surface area contributed by atoms with Crippen molar-refractivity contribution in [3.8, 4) is 5.75 Å². The lowest BCUT2D eigenvalue weighted by Crippen LogP contribution is -2.27. The van der Waals surface area contributed by atoms with Crippen molar-refractivity contribution in [3.63, 3.8) is 0 Å². The highest BCUT2D eigenvalue weighted by Gasteiger charge is 2.18. The van der Waals surface area contributed by atoms with Crippen molar-refractivity contribution in [2.75, 3.05) is 24.8 Å². The van der Waals surface area contributed by atoms with Crippen molar-refractivity contribution in [1.29, 1.82) is 0 Å². The summed E-state index contributed by atoms with van der Waals surface area (Å²) in [4.78, 5) is 14.1. The molecule has 0 atom stereocenters. The summed E-state index contributed by atoms with van der Waals surface area (Å²) in [5, 5.41) is 0. The summed E-state index contributed by atoms with van der Waals surface area (Å²) in [6.07, 6.45) is 0. The third-order valence-corrected chi connectivity index (χ3v) is 3.49. The Morgan fingerprint density at radius 3 is 2.60 bits per heavy atom. The number of methoxy groups -OCH3 is 1. The number of anilines is 2. The van der Waals surface area contributed by atoms with Crippen LogP contribution in [0.1, 0.15) is 10.4 Å². The first kappa shape index (κ1) is 14.4. The van der Waals surface area contributed by atoms with Gasteiger partial charge in [0, 0.05) is 11.5 Å². The van der Waals surface area contributed by atoms with Crippen LogP contribution in [0.25, 0.3) is 0 Å². The summed E-state index contributed by atoms with van der Waals surface area (Å²) in [5.74, 6) is 0.372. The highest BCUT2D eigenvalue weighted by molar-refractivity contribution is 9.10. The molecule has 0 aliphatic heterocycles. The van der Waals surface area contributed by atoms with Crippen molar-refractivity contribution in [1.82, 2.24) is 0 Å². The molecule has 2 aromatic carbocycles. The van der Waals surface area contributed by atoms with E-state index in [0.717, 1.165) is 4.47 Å². The van der Waals surface area contributed by atoms with Crippen molar-refractivity contribution >= 4 is 33.2 Å². The normalized spacial score (nSPS) is 10.2. The second-order valence-electron chi connectivity index (χ2n) is 4.27. The second kappa shape index (κ2) is 5.96. The number of amides is 1. The highest BCUT2D eigenvalue weighted by atomic mass is 79.9. The van der Waals surface area contributed by atoms with Crippen molar-refractivity contribution in [2.24, 2.45) is 0 Å². The molecule has 5 heteroatoms. The van der Waals surface area contributed by atoms with Gasteiger partial charge in [-0.25, -0.2) is 0 Å². The Balaban J connectivity index is 2.37. The minimum atomic E-state index is -0.170. The smallest absolute Gasteiger partial charge is 0.261 e. The highest BCUT2D eigenvalue weighted by Crippen LogP contribution is 2.28. The Morgan fingerprint density at radius 1 is 1.25 bits per heavy atom. The average Bonchev–Trinajstić information content (AvgIpc) is 2.45. The molecular weight excluding hydrogens is 320 g/mol. The molecule has 0 bridgehead atoms. The van der Waals surface area contributed by atoms with Gasteiger partial charge >= 0.3 is 0 Å². The molecule has 0 saturated heterocycles. The van der Waals surface area contributed by atoms with E-state index in [2.05, 4.69) is 15.9 Å². The van der Waals surface area contributed by atoms with Crippen molar-refractivity contribution in [3.05, 3.63) is 52.5 Å². The molecule has 4 nitrogen and oxygen atoms in total. The lowest BCUT2D eigenvalue weighted by atomic mass is 10.1. The molecule has 0 unspecified atom stereocenters. The third kappa shape index (κ3) is 2.77. The maximum absolute atomic E-state index is 12.5. The number of nitrogens with zero attached hydrogens (tertiary/aromatic N) is 1. The molecule has 0 aliphatic carbocycles. The van der Waals surface area contributed by atoms with E-state index in [9.17, 15) is 4.79 Å². The lowest BCUT2D eigenvalue weighted by Gasteiger charge is -2.20. The number of nitrogens with two attached hydrogens (primary N) is 1. The van der Waals surface area contributed by atoms with E-state index in [1.54, 1.807) is 44.5 Å². The fourth-order valence-corrected chi connectivity index (χ4v) is 2.32. The van der Waals surface area contributed by atoms with E-state index in [-0.39, 0.29) is 5.91 Å². The number of rotatable bonds is 3. The molecule has 104 valence electrons. The first-order valence-electron chi connectivity index (χ1n) is 6.00. The van der Waals surface area contributed by atoms with Gasteiger partial charge in [0.25, 0.3) is 5.91 Å². The van der Waals surface area contributed by atoms with Crippen LogP contribution in [0.2, 0.25) is 0 Å². The summed E-state index contributed by atoms with van der Waals surface area (Å²) in [6.45, 7) is 0. The Morgan fingerprint density at radius 2 is 1.95 bits per heavy atom. The fourth-order valence-electron chi connectivity index (χ4n) is 1.94. The van der Waals surface area contributed by atoms with E-state index in [4.69, 9.17) is 10.5 Å². The number of para-hydroxylation sites is 1. The summed E-state index contributed by atoms with van der Waals surface area (Å²) in [7, 11) is 3.23. The van der Waals surface area contributed by atoms with Crippen LogP contribution in [0, 0.1) is 0 Å². The molecule has 0 heterocycles. The molecule has 0 spiro atoms. The predicted octanol–water partition coefficient (Wildman–Crippen LogP) is 3.32. The average molecular weight is 335 g/mol. The minimum Gasteiger partial charge on any atom is -0.496 e. The third-order valence-electron chi connectivity index (χ3n) is 2.99. The standard InChI is InChI=1S/C15H15BrN2O2/c1-18(13-8-7-10(16)9-12(13)17)15(19)11-5-3-4-6-14(11)20-2/h3-9H,17H2,1-2H3. The monoisotopic (exact) mass is 334 g/mol. The number of nitrogen functional groups attached to an aromatic ring is 1. The summed E-state index contributed by atoms with van der Waals surface area (Å²) in [6, 6.07) is 12.5. The van der Waals surface area contributed by atoms with Crippen molar-refractivity contribution < 1.29 is 9.53 Å². The molecule has 1 amide bonds. The number of hydrogen-bond acceptors (Lipinski definition) is 3. The molecule has 20 heavy (non-hydrogen) atoms. The number of ether oxygens (including phenoxy) is 1. The Hall–Kier alpha value is -2.01. The lowest BCUT2D eigenvalue weighted by molar-refractivity contribution is 0.0990. The molecule has 2 aromatic rings. The van der Waals surface area contributed by atoms with E-state index in [1.165, 1.54) is 4.90 Å². The van der Waals surface area contributed by atoms with Gasteiger partial charge in [0.05, 0.1) is 24.0 Å². The first-order valence-corrected chi connectivity index (χ1v) is 6.80. The SMILES string of the molecule is COc1ccccc1C(=O)N(C)c1ccc(Br)cc1N. The number of carbonyl (C=O) groups is 1. The fraction of sp³-hybridized carbons (Fsp3) is 0.133. The van der Waals surface area contributed by atoms with Gasteiger partial charge in [-0.15, -0.1) is 0 Å². The zero-order valence-corrected chi connectivity index (χ0v) is 12.8. The maximum atomic E-state index is 12.5. The van der Waals surface area contributed by atoms with Gasteiger partial charge in [0.2, 0.25) is 0 Å². The Bertz CT molecular complexity index is 644. The number of halogens is 1. The zero-order chi connectivity index (χ0) is 14.7. The topological polar surface area (TPSA) is 55.6 Å². The van der Waals surface area contributed by atoms with Crippen LogP contribution in [-0.2, 0) is 0 Å². The second-order valence-corrected chi connectivity index (χ2v) is 5.18. The molecule has 0 aliphatic rings. The molecule has 0 aromatic heterocycles. The number of hydrogen-bond donors (Lipinski definition) is 1. The van der Waals surface area contributed by atoms with Gasteiger partial charge in [-0.1, -0.05) is 28.1 Å². The van der Waals surface area contributed by atoms with E-state index < -0.39 is 0 Å². The van der Waals surface area contributed by atoms with Gasteiger partial charge < -0.3 is 15.4 Å². The van der Waals surface area contributed by atoms with Gasteiger partial charge in [0.1, 0.15) is 5.75 Å². The van der Waals surface area contributed by atoms with Crippen LogP contribution in [0.5, 0.6) is 5.75 Å². The molecule has 2 N–H and O–H groups in total. The van der Waals surface area contributed by atoms with Crippen LogP contribution in [0.3, 0.4) is 0 Å². The van der Waals surface area contributed by atoms with Crippen LogP contribution in [-0.4, -0.2) is 20.1 Å². The number of carbonyl (C=O) groups excluding carboxylic acids is 1. The Labute approximate surface area is 126 Å². The van der Waals surface area contributed by atoms with Crippen LogP contribution in [0.4, 0.5) is 11.4 Å². The van der Waals surface area contributed by atoms with Crippen LogP contribution < -0.4 is 15.4 Å². The van der Waals surface area contributed by atoms with E-state index in [1.807, 2.05) is 12.1 Å². The molecule has 0 saturated carbocycles. The predicted molar refractivity (Wildman–Crippen MR) is 84.3 cm³/mol. The Kier molecular flexibility index (Phi) is 4.29. The molecule has 0 radical (unpaired) electrons. The van der Waals surface area contributed by atoms with Crippen molar-refractivity contribution in [2.45, 2.75) is 0 Å². The van der Waals surface area contributed by atoms with Crippen LogP contribution in [0.15, 0.2) is 46.9 Å². The van der Waals surface area contributed by atoms with Gasteiger partial charge in [-0.05, 0) is 30.3 Å².